The molecule has 2 aromatic heterocycles. The van der Waals surface area contributed by atoms with Crippen LogP contribution in [0.5, 0.6) is 0 Å². The first-order chi connectivity index (χ1) is 17.4. The smallest absolute Gasteiger partial charge is 0.261 e. The summed E-state index contributed by atoms with van der Waals surface area (Å²) in [5.74, 6) is 0. The van der Waals surface area contributed by atoms with Crippen LogP contribution in [-0.4, -0.2) is 4.57 Å². The maximum absolute atomic E-state index is 12.7. The molecule has 0 saturated carbocycles. The van der Waals surface area contributed by atoms with Crippen molar-refractivity contribution in [1.29, 1.82) is 0 Å². The second-order valence-electron chi connectivity index (χ2n) is 9.20. The van der Waals surface area contributed by atoms with Gasteiger partial charge in [-0.3, -0.25) is 14.2 Å². The van der Waals surface area contributed by atoms with Gasteiger partial charge in [-0.15, -0.1) is 0 Å². The summed E-state index contributed by atoms with van der Waals surface area (Å²) >= 11 is 0. The molecule has 0 amide bonds. The van der Waals surface area contributed by atoms with Crippen molar-refractivity contribution in [3.05, 3.63) is 122 Å². The zero-order chi connectivity index (χ0) is 24.7. The monoisotopic (exact) mass is 662 g/mol. The zero-order valence-electron chi connectivity index (χ0n) is 21.3. The van der Waals surface area contributed by atoms with Crippen LogP contribution < -0.4 is 27.2 Å². The minimum absolute atomic E-state index is 0. The molecule has 2 heterocycles. The Morgan fingerprint density at radius 2 is 0.821 bits per heavy atom. The predicted octanol–water partition coefficient (Wildman–Crippen LogP) is 4.71. The average molecular weight is 662 g/mol. The Kier molecular flexibility index (Phi) is 8.08. The maximum atomic E-state index is 12.7. The van der Waals surface area contributed by atoms with Crippen LogP contribution in [-0.2, 0) is 72.0 Å². The van der Waals surface area contributed by atoms with Gasteiger partial charge in [0.15, 0.2) is 0 Å². The van der Waals surface area contributed by atoms with Gasteiger partial charge in [0.25, 0.3) is 11.1 Å². The van der Waals surface area contributed by atoms with Crippen LogP contribution >= 0.6 is 0 Å². The number of hydrogen-bond donors (Lipinski definition) is 0. The Morgan fingerprint density at radius 1 is 0.513 bits per heavy atom. The van der Waals surface area contributed by atoms with Gasteiger partial charge in [-0.25, -0.2) is 0 Å². The Morgan fingerprint density at radius 3 is 1.13 bits per heavy atom. The first kappa shape index (κ1) is 29.4. The molecule has 0 saturated heterocycles. The van der Waals surface area contributed by atoms with Crippen LogP contribution in [0.1, 0.15) is 6.92 Å². The first-order valence-corrected chi connectivity index (χ1v) is 11.7. The second kappa shape index (κ2) is 10.7. The second-order valence-corrected chi connectivity index (χ2v) is 9.20. The third kappa shape index (κ3) is 4.52. The third-order valence-electron chi connectivity index (χ3n) is 7.17. The van der Waals surface area contributed by atoms with Crippen molar-refractivity contribution >= 4 is 64.6 Å². The van der Waals surface area contributed by atoms with Crippen molar-refractivity contribution in [3.8, 4) is 0 Å². The van der Waals surface area contributed by atoms with Gasteiger partial charge in [0.2, 0.25) is 0 Å². The van der Waals surface area contributed by atoms with E-state index in [0.29, 0.717) is 28.1 Å². The van der Waals surface area contributed by atoms with E-state index in [2.05, 4.69) is 4.98 Å². The van der Waals surface area contributed by atoms with Gasteiger partial charge < -0.3 is 22.0 Å². The van der Waals surface area contributed by atoms with Gasteiger partial charge in [0.05, 0.1) is 21.9 Å². The van der Waals surface area contributed by atoms with Crippen LogP contribution in [0, 0.1) is 7.43 Å². The van der Waals surface area contributed by atoms with Crippen molar-refractivity contribution in [2.75, 3.05) is 0 Å². The zero-order valence-corrected chi connectivity index (χ0v) is 27.0. The van der Waals surface area contributed by atoms with Crippen LogP contribution in [0.3, 0.4) is 0 Å². The van der Waals surface area contributed by atoms with Gasteiger partial charge in [0.1, 0.15) is 0 Å². The summed E-state index contributed by atoms with van der Waals surface area (Å²) < 4.78 is 1.27. The summed E-state index contributed by atoms with van der Waals surface area (Å²) in [6.45, 7) is 2.14. The Labute approximate surface area is 272 Å². The molecule has 0 fully saturated rings. The summed E-state index contributed by atoms with van der Waals surface area (Å²) in [7, 11) is 0. The maximum Gasteiger partial charge on any atom is 0.261 e. The van der Waals surface area contributed by atoms with E-state index in [1.165, 1.54) is 4.57 Å². The summed E-state index contributed by atoms with van der Waals surface area (Å²) in [5.41, 5.74) is -1.48. The molecule has 0 atom stereocenters. The van der Waals surface area contributed by atoms with Crippen molar-refractivity contribution in [2.45, 2.75) is 13.5 Å². The van der Waals surface area contributed by atoms with Gasteiger partial charge in [-0.1, -0.05) is 24.3 Å². The first-order valence-electron chi connectivity index (χ1n) is 11.7. The molecule has 0 aliphatic rings. The normalized spacial score (nSPS) is 11.1. The third-order valence-corrected chi connectivity index (χ3v) is 7.17. The molecule has 0 unspecified atom stereocenters. The quantitative estimate of drug-likeness (QED) is 0.238. The molecule has 5 aromatic carbocycles. The molecule has 0 spiro atoms. The van der Waals surface area contributed by atoms with Crippen molar-refractivity contribution in [2.24, 2.45) is 0 Å². The molecule has 186 valence electrons. The van der Waals surface area contributed by atoms with E-state index < -0.39 is 11.1 Å². The summed E-state index contributed by atoms with van der Waals surface area (Å²) in [6, 6.07) is 23.3. The molecule has 8 heteroatoms. The Hall–Kier alpha value is -2.63. The SMILES string of the molecule is CCn1c(=O)c2cc3cc4ccc5cc6cc7c(=O)[n-]c(=O)c7cc6cc5ccc4cc3cc2c1=O.[CH3-].[Y].[Y]. The van der Waals surface area contributed by atoms with E-state index in [9.17, 15) is 19.2 Å². The molecule has 0 bridgehead atoms. The van der Waals surface area contributed by atoms with Crippen LogP contribution in [0.4, 0.5) is 0 Å². The fourth-order valence-electron chi connectivity index (χ4n) is 5.30. The van der Waals surface area contributed by atoms with E-state index in [1.807, 2.05) is 60.7 Å². The minimum atomic E-state index is -0.492. The summed E-state index contributed by atoms with van der Waals surface area (Å²) in [5, 5.41) is 9.03. The molecule has 6 nitrogen and oxygen atoms in total. The van der Waals surface area contributed by atoms with Gasteiger partial charge in [0, 0.05) is 82.7 Å². The summed E-state index contributed by atoms with van der Waals surface area (Å²) in [6.07, 6.45) is 0. The molecule has 2 radical (unpaired) electrons. The number of fused-ring (bicyclic) bond motifs is 6. The molecule has 7 rings (SSSR count). The molecule has 0 aliphatic carbocycles. The van der Waals surface area contributed by atoms with Crippen LogP contribution in [0.25, 0.3) is 64.6 Å². The standard InChI is InChI=1S/C30H18N2O4.CH3.2Y/c1-2-32-29(35)25-13-21-9-17-5-3-15-7-19-11-23-24(28(34)31-27(23)33)12-20(19)8-16(15)4-6-18(17)10-22(21)14-26(25)30(32)36;;;/h3-14H,2H2,1H3,(H,31,33,34);1H3;;/q;-1;;/p-1. The van der Waals surface area contributed by atoms with Gasteiger partial charge in [-0.05, 0) is 98.5 Å². The molecule has 0 N–H and O–H groups in total. The van der Waals surface area contributed by atoms with E-state index >= 15 is 0 Å². The fourth-order valence-corrected chi connectivity index (χ4v) is 5.30. The Bertz CT molecular complexity index is 2180. The Balaban J connectivity index is 0.00000118. The molecular formula is C31H20N2O4Y2-2. The molecule has 0 aliphatic heterocycles. The summed E-state index contributed by atoms with van der Waals surface area (Å²) in [4.78, 5) is 53.0. The molecular weight excluding hydrogens is 642 g/mol. The van der Waals surface area contributed by atoms with Crippen molar-refractivity contribution < 1.29 is 65.4 Å². The topological polar surface area (TPSA) is 87.3 Å². The average Bonchev–Trinajstić information content (AvgIpc) is 3.27. The number of aromatic nitrogens is 2. The van der Waals surface area contributed by atoms with Crippen LogP contribution in [0.2, 0.25) is 0 Å². The molecule has 7 aromatic rings. The number of nitrogens with zero attached hydrogens (tertiary/aromatic N) is 2. The predicted molar refractivity (Wildman–Crippen MR) is 151 cm³/mol. The van der Waals surface area contributed by atoms with Crippen molar-refractivity contribution in [1.82, 2.24) is 9.55 Å². The van der Waals surface area contributed by atoms with E-state index in [0.717, 1.165) is 43.1 Å². The number of rotatable bonds is 1. The van der Waals surface area contributed by atoms with E-state index in [1.54, 1.807) is 19.1 Å². The van der Waals surface area contributed by atoms with Crippen molar-refractivity contribution in [3.63, 3.8) is 0 Å². The van der Waals surface area contributed by atoms with Gasteiger partial charge in [-0.2, -0.15) is 0 Å². The number of hydrogen-bond acceptors (Lipinski definition) is 4. The van der Waals surface area contributed by atoms with E-state index in [-0.39, 0.29) is 84.0 Å². The number of benzene rings is 4. The molecule has 39 heavy (non-hydrogen) atoms. The largest absolute Gasteiger partial charge is 0.587 e. The van der Waals surface area contributed by atoms with Crippen LogP contribution in [0.15, 0.2) is 92.0 Å². The minimum Gasteiger partial charge on any atom is -0.587 e. The fraction of sp³-hybridized carbons (Fsp3) is 0.0645. The van der Waals surface area contributed by atoms with Gasteiger partial charge >= 0.3 is 0 Å². The van der Waals surface area contributed by atoms with E-state index in [4.69, 9.17) is 0 Å².